The van der Waals surface area contributed by atoms with E-state index in [2.05, 4.69) is 10.3 Å². The van der Waals surface area contributed by atoms with Gasteiger partial charge in [0.25, 0.3) is 5.56 Å². The van der Waals surface area contributed by atoms with Crippen LogP contribution in [0.4, 0.5) is 20.6 Å². The molecule has 2 aromatic heterocycles. The summed E-state index contributed by atoms with van der Waals surface area (Å²) in [6, 6.07) is 19.5. The minimum Gasteiger partial charge on any atom is -0.484 e. The van der Waals surface area contributed by atoms with E-state index in [1.54, 1.807) is 27.9 Å². The van der Waals surface area contributed by atoms with Crippen LogP contribution in [0.5, 0.6) is 5.75 Å². The number of hydrogen-bond donors (Lipinski definition) is 1. The Morgan fingerprint density at radius 3 is 2.72 bits per heavy atom. The van der Waals surface area contributed by atoms with E-state index in [4.69, 9.17) is 4.74 Å². The van der Waals surface area contributed by atoms with Gasteiger partial charge in [-0.3, -0.25) is 14.7 Å². The lowest BCUT2D eigenvalue weighted by Crippen LogP contribution is -2.40. The molecule has 0 spiro atoms. The van der Waals surface area contributed by atoms with Crippen molar-refractivity contribution in [2.45, 2.75) is 32.0 Å². The molecular formula is C28H23FN4O3. The normalized spacial score (nSPS) is 16.5. The number of pyridine rings is 2. The van der Waals surface area contributed by atoms with Gasteiger partial charge in [-0.05, 0) is 42.2 Å². The highest BCUT2D eigenvalue weighted by Crippen LogP contribution is 2.38. The van der Waals surface area contributed by atoms with Gasteiger partial charge in [0, 0.05) is 35.8 Å². The van der Waals surface area contributed by atoms with Crippen molar-refractivity contribution in [2.24, 2.45) is 0 Å². The van der Waals surface area contributed by atoms with Gasteiger partial charge in [-0.2, -0.15) is 0 Å². The van der Waals surface area contributed by atoms with Crippen LogP contribution in [0.25, 0.3) is 0 Å². The lowest BCUT2D eigenvalue weighted by atomic mass is 9.99. The molecule has 4 aromatic rings. The van der Waals surface area contributed by atoms with Crippen LogP contribution in [0.2, 0.25) is 0 Å². The van der Waals surface area contributed by atoms with Gasteiger partial charge in [0.2, 0.25) is 0 Å². The molecule has 180 valence electrons. The smallest absolute Gasteiger partial charge is 0.326 e. The summed E-state index contributed by atoms with van der Waals surface area (Å²) in [6.45, 7) is 0.742. The van der Waals surface area contributed by atoms with Crippen LogP contribution in [-0.4, -0.2) is 15.6 Å². The molecule has 0 saturated heterocycles. The van der Waals surface area contributed by atoms with E-state index in [0.717, 1.165) is 23.1 Å². The Kier molecular flexibility index (Phi) is 5.48. The minimum absolute atomic E-state index is 0.179. The Labute approximate surface area is 206 Å². The SMILES string of the molecule is O=C1Nc2cc(=O)n(Cc3ccccc3)cc2CN1c1ccc2c(c1)OC(c1ncccc1F)CC2. The van der Waals surface area contributed by atoms with Crippen LogP contribution < -0.4 is 20.5 Å². The predicted octanol–water partition coefficient (Wildman–Crippen LogP) is 5.05. The van der Waals surface area contributed by atoms with Crippen LogP contribution >= 0.6 is 0 Å². The first-order valence-electron chi connectivity index (χ1n) is 11.8. The van der Waals surface area contributed by atoms with Crippen LogP contribution in [0.15, 0.2) is 83.9 Å². The monoisotopic (exact) mass is 482 g/mol. The average Bonchev–Trinajstić information content (AvgIpc) is 2.89. The maximum atomic E-state index is 14.3. The first kappa shape index (κ1) is 22.0. The third-order valence-corrected chi connectivity index (χ3v) is 6.62. The number of nitrogens with zero attached hydrogens (tertiary/aromatic N) is 3. The summed E-state index contributed by atoms with van der Waals surface area (Å²) in [6.07, 6.45) is 4.21. The highest BCUT2D eigenvalue weighted by atomic mass is 19.1. The number of anilines is 2. The summed E-state index contributed by atoms with van der Waals surface area (Å²) < 4.78 is 22.1. The largest absolute Gasteiger partial charge is 0.484 e. The van der Waals surface area contributed by atoms with Crippen LogP contribution in [0, 0.1) is 5.82 Å². The third-order valence-electron chi connectivity index (χ3n) is 6.62. The summed E-state index contributed by atoms with van der Waals surface area (Å²) in [5.41, 5.74) is 4.13. The second-order valence-corrected chi connectivity index (χ2v) is 8.99. The first-order chi connectivity index (χ1) is 17.5. The van der Waals surface area contributed by atoms with E-state index < -0.39 is 11.9 Å². The number of nitrogens with one attached hydrogen (secondary N) is 1. The number of aromatic nitrogens is 2. The number of amides is 2. The summed E-state index contributed by atoms with van der Waals surface area (Å²) >= 11 is 0. The average molecular weight is 483 g/mol. The highest BCUT2D eigenvalue weighted by Gasteiger charge is 2.29. The van der Waals surface area contributed by atoms with Gasteiger partial charge >= 0.3 is 6.03 Å². The number of aryl methyl sites for hydroxylation is 1. The van der Waals surface area contributed by atoms with Crippen molar-refractivity contribution in [1.82, 2.24) is 9.55 Å². The zero-order valence-corrected chi connectivity index (χ0v) is 19.4. The Balaban J connectivity index is 1.28. The molecule has 0 bridgehead atoms. The lowest BCUT2D eigenvalue weighted by Gasteiger charge is -2.31. The quantitative estimate of drug-likeness (QED) is 0.442. The lowest BCUT2D eigenvalue weighted by molar-refractivity contribution is 0.167. The first-order valence-corrected chi connectivity index (χ1v) is 11.8. The molecule has 2 aliphatic rings. The van der Waals surface area contributed by atoms with Gasteiger partial charge in [-0.25, -0.2) is 9.18 Å². The molecule has 0 saturated carbocycles. The molecule has 36 heavy (non-hydrogen) atoms. The van der Waals surface area contributed by atoms with E-state index in [-0.39, 0.29) is 17.3 Å². The van der Waals surface area contributed by atoms with Crippen molar-refractivity contribution in [1.29, 1.82) is 0 Å². The Hall–Kier alpha value is -4.46. The summed E-state index contributed by atoms with van der Waals surface area (Å²) in [7, 11) is 0. The molecule has 1 N–H and O–H groups in total. The Morgan fingerprint density at radius 2 is 1.89 bits per heavy atom. The second kappa shape index (κ2) is 8.96. The van der Waals surface area contributed by atoms with Gasteiger partial charge < -0.3 is 14.6 Å². The molecule has 2 aromatic carbocycles. The number of benzene rings is 2. The molecule has 1 unspecified atom stereocenters. The van der Waals surface area contributed by atoms with E-state index in [0.29, 0.717) is 36.6 Å². The zero-order chi connectivity index (χ0) is 24.6. The molecule has 0 radical (unpaired) electrons. The molecule has 8 heteroatoms. The minimum atomic E-state index is -0.489. The predicted molar refractivity (Wildman–Crippen MR) is 134 cm³/mol. The molecule has 7 nitrogen and oxygen atoms in total. The fourth-order valence-corrected chi connectivity index (χ4v) is 4.75. The fourth-order valence-electron chi connectivity index (χ4n) is 4.75. The molecule has 0 aliphatic carbocycles. The number of rotatable bonds is 4. The summed E-state index contributed by atoms with van der Waals surface area (Å²) in [4.78, 5) is 31.4. The van der Waals surface area contributed by atoms with Gasteiger partial charge in [0.05, 0.1) is 18.8 Å². The zero-order valence-electron chi connectivity index (χ0n) is 19.4. The number of carbonyl (C=O) groups excluding carboxylic acids is 1. The van der Waals surface area contributed by atoms with E-state index >= 15 is 0 Å². The second-order valence-electron chi connectivity index (χ2n) is 8.99. The number of ether oxygens (including phenoxy) is 1. The van der Waals surface area contributed by atoms with Gasteiger partial charge in [-0.1, -0.05) is 36.4 Å². The molecule has 6 rings (SSSR count). The maximum absolute atomic E-state index is 14.3. The van der Waals surface area contributed by atoms with Crippen molar-refractivity contribution in [3.05, 3.63) is 118 Å². The van der Waals surface area contributed by atoms with Crippen LogP contribution in [0.1, 0.15) is 34.9 Å². The molecule has 1 atom stereocenters. The standard InChI is InChI=1S/C28H23FN4O3/c29-22-7-4-12-30-27(22)24-11-9-19-8-10-21(13-25(19)36-24)33-17-20-16-32(15-18-5-2-1-3-6-18)26(34)14-23(20)31-28(33)35/h1-8,10,12-14,16,24H,9,11,15,17H2,(H,31,35). The molecule has 2 amide bonds. The third kappa shape index (κ3) is 4.11. The fraction of sp³-hybridized carbons (Fsp3) is 0.179. The van der Waals surface area contributed by atoms with Crippen molar-refractivity contribution in [2.75, 3.05) is 10.2 Å². The summed E-state index contributed by atoms with van der Waals surface area (Å²) in [5.74, 6) is 0.220. The van der Waals surface area contributed by atoms with Crippen molar-refractivity contribution in [3.8, 4) is 5.75 Å². The van der Waals surface area contributed by atoms with Crippen LogP contribution in [-0.2, 0) is 19.5 Å². The van der Waals surface area contributed by atoms with Crippen LogP contribution in [0.3, 0.4) is 0 Å². The van der Waals surface area contributed by atoms with Gasteiger partial charge in [0.15, 0.2) is 0 Å². The Morgan fingerprint density at radius 1 is 1.03 bits per heavy atom. The van der Waals surface area contributed by atoms with Gasteiger partial charge in [-0.15, -0.1) is 0 Å². The highest BCUT2D eigenvalue weighted by molar-refractivity contribution is 6.04. The summed E-state index contributed by atoms with van der Waals surface area (Å²) in [5, 5.41) is 2.84. The van der Waals surface area contributed by atoms with Crippen molar-refractivity contribution in [3.63, 3.8) is 0 Å². The molecule has 0 fully saturated rings. The van der Waals surface area contributed by atoms with Gasteiger partial charge in [0.1, 0.15) is 23.4 Å². The number of halogens is 1. The number of hydrogen-bond acceptors (Lipinski definition) is 4. The number of urea groups is 1. The Bertz CT molecular complexity index is 1520. The van der Waals surface area contributed by atoms with Crippen molar-refractivity contribution < 1.29 is 13.9 Å². The van der Waals surface area contributed by atoms with E-state index in [9.17, 15) is 14.0 Å². The number of fused-ring (bicyclic) bond motifs is 2. The molecular weight excluding hydrogens is 459 g/mol. The molecule has 4 heterocycles. The van der Waals surface area contributed by atoms with E-state index in [1.165, 1.54) is 12.1 Å². The number of carbonyl (C=O) groups is 1. The van der Waals surface area contributed by atoms with E-state index in [1.807, 2.05) is 48.5 Å². The topological polar surface area (TPSA) is 76.5 Å². The van der Waals surface area contributed by atoms with Crippen molar-refractivity contribution >= 4 is 17.4 Å². The molecule has 2 aliphatic heterocycles. The maximum Gasteiger partial charge on any atom is 0.326 e.